The predicted molar refractivity (Wildman–Crippen MR) is 76.9 cm³/mol. The quantitative estimate of drug-likeness (QED) is 0.799. The highest BCUT2D eigenvalue weighted by Gasteiger charge is 2.36. The van der Waals surface area contributed by atoms with Crippen molar-refractivity contribution >= 4 is 34.9 Å². The normalized spacial score (nSPS) is 19.4. The molecule has 1 aliphatic heterocycles. The van der Waals surface area contributed by atoms with Gasteiger partial charge in [-0.05, 0) is 37.5 Å². The van der Waals surface area contributed by atoms with Crippen LogP contribution < -0.4 is 4.90 Å². The second kappa shape index (κ2) is 4.80. The van der Waals surface area contributed by atoms with E-state index in [4.69, 9.17) is 11.6 Å². The molecule has 0 spiro atoms. The summed E-state index contributed by atoms with van der Waals surface area (Å²) in [5, 5.41) is 9.63. The smallest absolute Gasteiger partial charge is 0.419 e. The fraction of sp³-hybridized carbons (Fsp3) is 0.200. The van der Waals surface area contributed by atoms with Gasteiger partial charge in [0.1, 0.15) is 0 Å². The zero-order valence-corrected chi connectivity index (χ0v) is 11.4. The summed E-state index contributed by atoms with van der Waals surface area (Å²) in [6.07, 6.45) is 5.59. The molecule has 1 heterocycles. The summed E-state index contributed by atoms with van der Waals surface area (Å²) in [4.78, 5) is 24.4. The third kappa shape index (κ3) is 2.02. The summed E-state index contributed by atoms with van der Waals surface area (Å²) >= 11 is 5.90. The van der Waals surface area contributed by atoms with Gasteiger partial charge in [-0.25, -0.2) is 9.69 Å². The van der Waals surface area contributed by atoms with Crippen molar-refractivity contribution in [1.82, 2.24) is 0 Å². The van der Waals surface area contributed by atoms with Gasteiger partial charge in [0.25, 0.3) is 5.91 Å². The largest absolute Gasteiger partial charge is 0.464 e. The molecule has 0 radical (unpaired) electrons. The van der Waals surface area contributed by atoms with Crippen molar-refractivity contribution in [1.29, 1.82) is 0 Å². The lowest BCUT2D eigenvalue weighted by Gasteiger charge is -2.09. The molecule has 1 aromatic carbocycles. The molecule has 5 heteroatoms. The number of benzene rings is 1. The van der Waals surface area contributed by atoms with E-state index in [1.807, 2.05) is 0 Å². The molecule has 20 heavy (non-hydrogen) atoms. The number of nitrogens with zero attached hydrogens (tertiary/aromatic N) is 1. The number of hydrogen-bond acceptors (Lipinski definition) is 2. The predicted octanol–water partition coefficient (Wildman–Crippen LogP) is 3.86. The molecule has 2 aliphatic rings. The highest BCUT2D eigenvalue weighted by molar-refractivity contribution is 6.40. The summed E-state index contributed by atoms with van der Waals surface area (Å²) in [5.41, 5.74) is 2.46. The number of carboxylic acid groups (broad SMARTS) is 1. The van der Waals surface area contributed by atoms with E-state index in [0.29, 0.717) is 21.8 Å². The molecule has 2 amide bonds. The van der Waals surface area contributed by atoms with Crippen LogP contribution >= 0.6 is 11.6 Å². The molecule has 3 rings (SSSR count). The maximum absolute atomic E-state index is 12.3. The van der Waals surface area contributed by atoms with Crippen molar-refractivity contribution in [3.63, 3.8) is 0 Å². The maximum Gasteiger partial charge on any atom is 0.419 e. The fourth-order valence-electron chi connectivity index (χ4n) is 2.60. The Hall–Kier alpha value is -2.07. The van der Waals surface area contributed by atoms with Crippen LogP contribution in [0.4, 0.5) is 10.5 Å². The van der Waals surface area contributed by atoms with Gasteiger partial charge in [-0.15, -0.1) is 0 Å². The molecule has 0 unspecified atom stereocenters. The van der Waals surface area contributed by atoms with E-state index in [0.717, 1.165) is 29.7 Å². The summed E-state index contributed by atoms with van der Waals surface area (Å²) in [5.74, 6) is -0.512. The minimum Gasteiger partial charge on any atom is -0.464 e. The van der Waals surface area contributed by atoms with Crippen molar-refractivity contribution in [3.05, 3.63) is 46.5 Å². The fourth-order valence-corrected chi connectivity index (χ4v) is 2.77. The van der Waals surface area contributed by atoms with Crippen LogP contribution in [0, 0.1) is 0 Å². The Labute approximate surface area is 121 Å². The lowest BCUT2D eigenvalue weighted by atomic mass is 10.0. The molecule has 0 atom stereocenters. The molecule has 1 N–H and O–H groups in total. The summed E-state index contributed by atoms with van der Waals surface area (Å²) in [7, 11) is 0. The van der Waals surface area contributed by atoms with Gasteiger partial charge < -0.3 is 5.11 Å². The lowest BCUT2D eigenvalue weighted by molar-refractivity contribution is -0.112. The van der Waals surface area contributed by atoms with E-state index in [2.05, 4.69) is 6.08 Å². The number of carbonyl (C=O) groups excluding carboxylic acids is 1. The molecule has 4 nitrogen and oxygen atoms in total. The lowest BCUT2D eigenvalue weighted by Crippen LogP contribution is -2.31. The SMILES string of the molecule is O=C(O)N1C(=O)C(=CC2=CCCC2)c2ccc(Cl)cc21. The van der Waals surface area contributed by atoms with Gasteiger partial charge >= 0.3 is 6.09 Å². The number of amides is 2. The highest BCUT2D eigenvalue weighted by Crippen LogP contribution is 2.39. The number of imide groups is 1. The minimum atomic E-state index is -1.29. The third-order valence-corrected chi connectivity index (χ3v) is 3.76. The van der Waals surface area contributed by atoms with Gasteiger partial charge in [-0.2, -0.15) is 0 Å². The van der Waals surface area contributed by atoms with Crippen molar-refractivity contribution in [2.24, 2.45) is 0 Å². The van der Waals surface area contributed by atoms with Gasteiger partial charge in [-0.3, -0.25) is 4.79 Å². The van der Waals surface area contributed by atoms with Gasteiger partial charge in [0.2, 0.25) is 0 Å². The van der Waals surface area contributed by atoms with Crippen LogP contribution in [-0.4, -0.2) is 17.1 Å². The van der Waals surface area contributed by atoms with Crippen molar-refractivity contribution in [2.45, 2.75) is 19.3 Å². The van der Waals surface area contributed by atoms with Crippen LogP contribution in [0.2, 0.25) is 5.02 Å². The Bertz CT molecular complexity index is 676. The summed E-state index contributed by atoms with van der Waals surface area (Å²) in [6.45, 7) is 0. The second-order valence-electron chi connectivity index (χ2n) is 4.81. The Morgan fingerprint density at radius 2 is 2.20 bits per heavy atom. The van der Waals surface area contributed by atoms with Gasteiger partial charge in [0, 0.05) is 10.6 Å². The van der Waals surface area contributed by atoms with Crippen molar-refractivity contribution in [2.75, 3.05) is 4.90 Å². The first-order chi connectivity index (χ1) is 9.58. The Morgan fingerprint density at radius 3 is 2.85 bits per heavy atom. The van der Waals surface area contributed by atoms with E-state index in [9.17, 15) is 14.7 Å². The van der Waals surface area contributed by atoms with Crippen LogP contribution in [-0.2, 0) is 4.79 Å². The number of fused-ring (bicyclic) bond motifs is 1. The summed E-state index contributed by atoms with van der Waals surface area (Å²) in [6, 6.07) is 4.86. The number of hydrogen-bond donors (Lipinski definition) is 1. The molecule has 0 bridgehead atoms. The molecular weight excluding hydrogens is 278 g/mol. The maximum atomic E-state index is 12.3. The van der Waals surface area contributed by atoms with Crippen LogP contribution in [0.5, 0.6) is 0 Å². The first-order valence-electron chi connectivity index (χ1n) is 6.36. The second-order valence-corrected chi connectivity index (χ2v) is 5.25. The highest BCUT2D eigenvalue weighted by atomic mass is 35.5. The van der Waals surface area contributed by atoms with E-state index >= 15 is 0 Å². The van der Waals surface area contributed by atoms with E-state index < -0.39 is 12.0 Å². The minimum absolute atomic E-state index is 0.333. The number of carbonyl (C=O) groups is 2. The van der Waals surface area contributed by atoms with Gasteiger partial charge in [0.15, 0.2) is 0 Å². The molecule has 0 saturated heterocycles. The monoisotopic (exact) mass is 289 g/mol. The van der Waals surface area contributed by atoms with Crippen molar-refractivity contribution < 1.29 is 14.7 Å². The van der Waals surface area contributed by atoms with E-state index in [1.165, 1.54) is 6.07 Å². The summed E-state index contributed by atoms with van der Waals surface area (Å²) < 4.78 is 0. The number of anilines is 1. The van der Waals surface area contributed by atoms with Gasteiger partial charge in [-0.1, -0.05) is 29.3 Å². The average Bonchev–Trinajstić information content (AvgIpc) is 2.97. The number of allylic oxidation sites excluding steroid dienone is 3. The average molecular weight is 290 g/mol. The first kappa shape index (κ1) is 12.9. The van der Waals surface area contributed by atoms with Crippen LogP contribution in [0.15, 0.2) is 35.9 Å². The number of rotatable bonds is 1. The standard InChI is InChI=1S/C15H12ClNO3/c16-10-5-6-11-12(7-9-3-1-2-4-9)14(18)17(15(19)20)13(11)8-10/h3,5-8H,1-2,4H2,(H,19,20). The van der Waals surface area contributed by atoms with E-state index in [1.54, 1.807) is 18.2 Å². The third-order valence-electron chi connectivity index (χ3n) is 3.52. The van der Waals surface area contributed by atoms with E-state index in [-0.39, 0.29) is 0 Å². The molecule has 102 valence electrons. The zero-order chi connectivity index (χ0) is 14.3. The molecule has 0 fully saturated rings. The Kier molecular flexibility index (Phi) is 3.10. The van der Waals surface area contributed by atoms with Crippen LogP contribution in [0.3, 0.4) is 0 Å². The topological polar surface area (TPSA) is 57.6 Å². The molecular formula is C15H12ClNO3. The Balaban J connectivity index is 2.14. The van der Waals surface area contributed by atoms with Crippen LogP contribution in [0.25, 0.3) is 5.57 Å². The number of halogens is 1. The molecule has 0 saturated carbocycles. The van der Waals surface area contributed by atoms with Crippen molar-refractivity contribution in [3.8, 4) is 0 Å². The molecule has 0 aromatic heterocycles. The Morgan fingerprint density at radius 1 is 1.40 bits per heavy atom. The van der Waals surface area contributed by atoms with Crippen LogP contribution in [0.1, 0.15) is 24.8 Å². The van der Waals surface area contributed by atoms with Gasteiger partial charge in [0.05, 0.1) is 11.3 Å². The first-order valence-corrected chi connectivity index (χ1v) is 6.74. The zero-order valence-electron chi connectivity index (χ0n) is 10.6. The molecule has 1 aliphatic carbocycles. The molecule has 1 aromatic rings.